The van der Waals surface area contributed by atoms with Crippen LogP contribution in [0.3, 0.4) is 0 Å². The Bertz CT molecular complexity index is 734. The van der Waals surface area contributed by atoms with Crippen LogP contribution < -0.4 is 9.46 Å². The van der Waals surface area contributed by atoms with Gasteiger partial charge in [0, 0.05) is 4.47 Å². The lowest BCUT2D eigenvalue weighted by atomic mass is 10.3. The quantitative estimate of drug-likeness (QED) is 0.909. The van der Waals surface area contributed by atoms with Crippen molar-refractivity contribution in [3.8, 4) is 5.75 Å². The number of halogens is 2. The fraction of sp³-hybridized carbons (Fsp3) is 0.0769. The van der Waals surface area contributed by atoms with Crippen molar-refractivity contribution in [3.63, 3.8) is 0 Å². The van der Waals surface area contributed by atoms with Gasteiger partial charge in [-0.15, -0.1) is 0 Å². The van der Waals surface area contributed by atoms with E-state index in [9.17, 15) is 12.8 Å². The van der Waals surface area contributed by atoms with Gasteiger partial charge in [-0.2, -0.15) is 0 Å². The second kappa shape index (κ2) is 5.80. The number of nitrogens with one attached hydrogen (secondary N) is 1. The van der Waals surface area contributed by atoms with E-state index in [0.717, 1.165) is 6.07 Å². The fourth-order valence-electron chi connectivity index (χ4n) is 1.62. The molecule has 0 spiro atoms. The van der Waals surface area contributed by atoms with Crippen molar-refractivity contribution in [2.45, 2.75) is 4.90 Å². The van der Waals surface area contributed by atoms with Crippen molar-refractivity contribution >= 4 is 31.6 Å². The van der Waals surface area contributed by atoms with Gasteiger partial charge in [-0.1, -0.05) is 28.1 Å². The van der Waals surface area contributed by atoms with E-state index in [1.54, 1.807) is 12.1 Å². The highest BCUT2D eigenvalue weighted by molar-refractivity contribution is 9.10. The third-order valence-corrected chi connectivity index (χ3v) is 4.42. The second-order valence-corrected chi connectivity index (χ2v) is 6.45. The number of ether oxygens (including phenoxy) is 1. The Morgan fingerprint density at radius 2 is 1.90 bits per heavy atom. The molecular formula is C13H11BrFNO3S. The molecule has 0 amide bonds. The molecule has 0 aliphatic heterocycles. The summed E-state index contributed by atoms with van der Waals surface area (Å²) in [6.07, 6.45) is 0. The summed E-state index contributed by atoms with van der Waals surface area (Å²) in [5.41, 5.74) is 0.227. The molecule has 0 atom stereocenters. The molecule has 0 aliphatic carbocycles. The van der Waals surface area contributed by atoms with Gasteiger partial charge in [0.15, 0.2) is 0 Å². The molecule has 0 radical (unpaired) electrons. The lowest BCUT2D eigenvalue weighted by Crippen LogP contribution is -2.15. The van der Waals surface area contributed by atoms with E-state index in [1.165, 1.54) is 31.4 Å². The Kier molecular flexibility index (Phi) is 4.29. The van der Waals surface area contributed by atoms with Gasteiger partial charge in [0.05, 0.1) is 12.8 Å². The fourth-order valence-corrected chi connectivity index (χ4v) is 3.12. The summed E-state index contributed by atoms with van der Waals surface area (Å²) >= 11 is 3.24. The maximum Gasteiger partial charge on any atom is 0.264 e. The predicted octanol–water partition coefficient (Wildman–Crippen LogP) is 3.40. The van der Waals surface area contributed by atoms with Gasteiger partial charge in [0.25, 0.3) is 10.0 Å². The van der Waals surface area contributed by atoms with Crippen LogP contribution in [0.4, 0.5) is 10.1 Å². The maximum atomic E-state index is 13.6. The zero-order valence-electron chi connectivity index (χ0n) is 10.4. The third kappa shape index (κ3) is 3.10. The lowest BCUT2D eigenvalue weighted by molar-refractivity contribution is 0.417. The van der Waals surface area contributed by atoms with Crippen LogP contribution >= 0.6 is 15.9 Å². The number of anilines is 1. The Balaban J connectivity index is 2.44. The molecule has 7 heteroatoms. The van der Waals surface area contributed by atoms with Crippen LogP contribution in [0.1, 0.15) is 0 Å². The molecule has 0 aromatic heterocycles. The first-order chi connectivity index (χ1) is 9.44. The van der Waals surface area contributed by atoms with E-state index in [0.29, 0.717) is 10.2 Å². The van der Waals surface area contributed by atoms with Crippen LogP contribution in [-0.2, 0) is 10.0 Å². The minimum absolute atomic E-state index is 0.227. The van der Waals surface area contributed by atoms with Crippen LogP contribution in [0.15, 0.2) is 51.8 Å². The first kappa shape index (κ1) is 14.8. The number of rotatable bonds is 4. The number of sulfonamides is 1. The smallest absolute Gasteiger partial charge is 0.264 e. The van der Waals surface area contributed by atoms with Crippen LogP contribution in [0.5, 0.6) is 5.75 Å². The monoisotopic (exact) mass is 359 g/mol. The Labute approximate surface area is 124 Å². The van der Waals surface area contributed by atoms with Gasteiger partial charge in [-0.3, -0.25) is 4.72 Å². The zero-order valence-corrected chi connectivity index (χ0v) is 12.8. The maximum absolute atomic E-state index is 13.6. The molecule has 0 heterocycles. The number of benzene rings is 2. The molecule has 106 valence electrons. The summed E-state index contributed by atoms with van der Waals surface area (Å²) in [6.45, 7) is 0. The van der Waals surface area contributed by atoms with Crippen molar-refractivity contribution in [1.82, 2.24) is 0 Å². The van der Waals surface area contributed by atoms with Gasteiger partial charge in [-0.05, 0) is 30.3 Å². The zero-order chi connectivity index (χ0) is 14.8. The molecule has 2 rings (SSSR count). The SMILES string of the molecule is COc1ccc(Br)cc1NS(=O)(=O)c1ccccc1F. The lowest BCUT2D eigenvalue weighted by Gasteiger charge is -2.12. The van der Waals surface area contributed by atoms with Crippen LogP contribution in [0.2, 0.25) is 0 Å². The summed E-state index contributed by atoms with van der Waals surface area (Å²) < 4.78 is 46.0. The molecule has 0 saturated heterocycles. The molecule has 0 aliphatic rings. The summed E-state index contributed by atoms with van der Waals surface area (Å²) in [5, 5.41) is 0. The van der Waals surface area contributed by atoms with Gasteiger partial charge >= 0.3 is 0 Å². The van der Waals surface area contributed by atoms with Crippen molar-refractivity contribution in [1.29, 1.82) is 0 Å². The molecular weight excluding hydrogens is 349 g/mol. The molecule has 2 aromatic carbocycles. The Hall–Kier alpha value is -1.60. The summed E-state index contributed by atoms with van der Waals surface area (Å²) in [6, 6.07) is 10.0. The molecule has 4 nitrogen and oxygen atoms in total. The van der Waals surface area contributed by atoms with Crippen molar-refractivity contribution in [3.05, 3.63) is 52.8 Å². The first-order valence-corrected chi connectivity index (χ1v) is 7.82. The molecule has 20 heavy (non-hydrogen) atoms. The van der Waals surface area contributed by atoms with Gasteiger partial charge in [0.1, 0.15) is 16.5 Å². The average molecular weight is 360 g/mol. The van der Waals surface area contributed by atoms with Crippen LogP contribution in [0.25, 0.3) is 0 Å². The van der Waals surface area contributed by atoms with Gasteiger partial charge in [0.2, 0.25) is 0 Å². The standard InChI is InChI=1S/C13H11BrFNO3S/c1-19-12-7-6-9(14)8-11(12)16-20(17,18)13-5-3-2-4-10(13)15/h2-8,16H,1H3. The van der Waals surface area contributed by atoms with Crippen molar-refractivity contribution in [2.24, 2.45) is 0 Å². The third-order valence-electron chi connectivity index (χ3n) is 2.53. The van der Waals surface area contributed by atoms with E-state index >= 15 is 0 Å². The molecule has 0 bridgehead atoms. The highest BCUT2D eigenvalue weighted by Gasteiger charge is 2.20. The van der Waals surface area contributed by atoms with Crippen molar-refractivity contribution < 1.29 is 17.5 Å². The van der Waals surface area contributed by atoms with E-state index < -0.39 is 20.7 Å². The minimum Gasteiger partial charge on any atom is -0.495 e. The van der Waals surface area contributed by atoms with E-state index in [1.807, 2.05) is 0 Å². The topological polar surface area (TPSA) is 55.4 Å². The number of methoxy groups -OCH3 is 1. The first-order valence-electron chi connectivity index (χ1n) is 5.55. The summed E-state index contributed by atoms with van der Waals surface area (Å²) in [7, 11) is -2.60. The average Bonchev–Trinajstić information content (AvgIpc) is 2.39. The Morgan fingerprint density at radius 1 is 1.20 bits per heavy atom. The van der Waals surface area contributed by atoms with Gasteiger partial charge < -0.3 is 4.74 Å². The molecule has 0 saturated carbocycles. The van der Waals surface area contributed by atoms with E-state index in [4.69, 9.17) is 4.74 Å². The highest BCUT2D eigenvalue weighted by atomic mass is 79.9. The van der Waals surface area contributed by atoms with E-state index in [2.05, 4.69) is 20.7 Å². The Morgan fingerprint density at radius 3 is 2.55 bits per heavy atom. The molecule has 1 N–H and O–H groups in total. The highest BCUT2D eigenvalue weighted by Crippen LogP contribution is 2.30. The number of hydrogen-bond acceptors (Lipinski definition) is 3. The van der Waals surface area contributed by atoms with Gasteiger partial charge in [-0.25, -0.2) is 12.8 Å². The largest absolute Gasteiger partial charge is 0.495 e. The predicted molar refractivity (Wildman–Crippen MR) is 77.9 cm³/mol. The second-order valence-electron chi connectivity index (χ2n) is 3.88. The summed E-state index contributed by atoms with van der Waals surface area (Å²) in [5.74, 6) is -0.470. The number of hydrogen-bond donors (Lipinski definition) is 1. The summed E-state index contributed by atoms with van der Waals surface area (Å²) in [4.78, 5) is -0.415. The van der Waals surface area contributed by atoms with Crippen molar-refractivity contribution in [2.75, 3.05) is 11.8 Å². The minimum atomic E-state index is -4.02. The molecule has 0 fully saturated rings. The molecule has 0 unspecified atom stereocenters. The normalized spacial score (nSPS) is 11.2. The molecule has 2 aromatic rings. The van der Waals surface area contributed by atoms with Crippen LogP contribution in [-0.4, -0.2) is 15.5 Å². The van der Waals surface area contributed by atoms with Crippen LogP contribution in [0, 0.1) is 5.82 Å². The van der Waals surface area contributed by atoms with E-state index in [-0.39, 0.29) is 5.69 Å².